The summed E-state index contributed by atoms with van der Waals surface area (Å²) >= 11 is 1.42. The number of nitrogens with one attached hydrogen (secondary N) is 1. The van der Waals surface area contributed by atoms with E-state index in [1.807, 2.05) is 60.2 Å². The maximum absolute atomic E-state index is 12.5. The number of thiophene rings is 1. The lowest BCUT2D eigenvalue weighted by Crippen LogP contribution is -2.38. The van der Waals surface area contributed by atoms with Crippen LogP contribution in [0.3, 0.4) is 0 Å². The van der Waals surface area contributed by atoms with Gasteiger partial charge in [-0.05, 0) is 37.4 Å². The average molecular weight is 341 g/mol. The lowest BCUT2D eigenvalue weighted by atomic mass is 10.1. The third-order valence-electron chi connectivity index (χ3n) is 3.95. The van der Waals surface area contributed by atoms with Crippen LogP contribution in [-0.4, -0.2) is 27.3 Å². The molecule has 0 bridgehead atoms. The lowest BCUT2D eigenvalue weighted by molar-refractivity contribution is -0.124. The van der Waals surface area contributed by atoms with E-state index in [1.54, 1.807) is 6.33 Å². The van der Waals surface area contributed by atoms with Crippen LogP contribution in [0.5, 0.6) is 0 Å². The van der Waals surface area contributed by atoms with Crippen molar-refractivity contribution in [3.8, 4) is 0 Å². The van der Waals surface area contributed by atoms with Crippen LogP contribution in [0.1, 0.15) is 36.0 Å². The number of hydrogen-bond acceptors (Lipinski definition) is 4. The third-order valence-corrected chi connectivity index (χ3v) is 4.86. The summed E-state index contributed by atoms with van der Waals surface area (Å²) in [5.41, 5.74) is 1.78. The monoisotopic (exact) mass is 341 g/mol. The quantitative estimate of drug-likeness (QED) is 0.699. The van der Waals surface area contributed by atoms with Gasteiger partial charge in [-0.1, -0.05) is 18.2 Å². The number of hydrogen-bond donors (Lipinski definition) is 1. The van der Waals surface area contributed by atoms with Crippen molar-refractivity contribution in [2.45, 2.75) is 32.4 Å². The molecule has 0 saturated carbocycles. The molecule has 124 valence electrons. The molecule has 0 aliphatic rings. The molecule has 6 heteroatoms. The van der Waals surface area contributed by atoms with Crippen LogP contribution in [0.4, 0.5) is 0 Å². The highest BCUT2D eigenvalue weighted by molar-refractivity contribution is 7.12. The molecule has 1 aromatic carbocycles. The van der Waals surface area contributed by atoms with Gasteiger partial charge in [-0.15, -0.1) is 11.3 Å². The average Bonchev–Trinajstić information content (AvgIpc) is 3.23. The van der Waals surface area contributed by atoms with Gasteiger partial charge in [0.05, 0.1) is 22.2 Å². The van der Waals surface area contributed by atoms with Crippen LogP contribution in [0, 0.1) is 0 Å². The molecule has 1 N–H and O–H groups in total. The van der Waals surface area contributed by atoms with E-state index in [-0.39, 0.29) is 17.7 Å². The number of aromatic nitrogens is 2. The Kier molecular flexibility index (Phi) is 4.76. The summed E-state index contributed by atoms with van der Waals surface area (Å²) in [5, 5.41) is 4.80. The number of nitrogens with zero attached hydrogens (tertiary/aromatic N) is 2. The Morgan fingerprint density at radius 2 is 2.00 bits per heavy atom. The second kappa shape index (κ2) is 6.97. The first-order valence-electron chi connectivity index (χ1n) is 7.85. The van der Waals surface area contributed by atoms with Gasteiger partial charge in [0.1, 0.15) is 6.04 Å². The Morgan fingerprint density at radius 3 is 2.75 bits per heavy atom. The third kappa shape index (κ3) is 3.38. The van der Waals surface area contributed by atoms with E-state index < -0.39 is 6.04 Å². The largest absolute Gasteiger partial charge is 0.351 e. The van der Waals surface area contributed by atoms with Crippen LogP contribution >= 0.6 is 11.3 Å². The van der Waals surface area contributed by atoms with E-state index in [2.05, 4.69) is 10.3 Å². The molecule has 5 nitrogen and oxygen atoms in total. The minimum absolute atomic E-state index is 0.0542. The van der Waals surface area contributed by atoms with E-state index >= 15 is 0 Å². The number of para-hydroxylation sites is 2. The topological polar surface area (TPSA) is 64.0 Å². The first kappa shape index (κ1) is 16.4. The van der Waals surface area contributed by atoms with E-state index in [1.165, 1.54) is 11.3 Å². The summed E-state index contributed by atoms with van der Waals surface area (Å²) < 4.78 is 1.85. The highest BCUT2D eigenvalue weighted by atomic mass is 32.1. The van der Waals surface area contributed by atoms with Crippen LogP contribution in [0.2, 0.25) is 0 Å². The Hall–Kier alpha value is -2.47. The molecule has 2 heterocycles. The number of amides is 1. The number of benzene rings is 1. The molecule has 3 rings (SSSR count). The first-order valence-corrected chi connectivity index (χ1v) is 8.73. The van der Waals surface area contributed by atoms with Crippen LogP contribution in [0.15, 0.2) is 48.1 Å². The standard InChI is InChI=1S/C18H19N3O2S/c1-12(10-16(22)17-8-5-9-24-17)20-18(23)13(2)21-11-19-14-6-3-4-7-15(14)21/h3-9,11-13H,10H2,1-2H3,(H,20,23)/t12-,13-/m1/s1. The van der Waals surface area contributed by atoms with Gasteiger partial charge in [-0.3, -0.25) is 9.59 Å². The van der Waals surface area contributed by atoms with Gasteiger partial charge in [-0.25, -0.2) is 4.98 Å². The SMILES string of the molecule is C[C@H](CC(=O)c1cccs1)NC(=O)[C@@H](C)n1cnc2ccccc21. The highest BCUT2D eigenvalue weighted by Crippen LogP contribution is 2.18. The molecule has 2 aromatic heterocycles. The van der Waals surface area contributed by atoms with Crippen molar-refractivity contribution in [1.82, 2.24) is 14.9 Å². The van der Waals surface area contributed by atoms with Crippen molar-refractivity contribution in [2.75, 3.05) is 0 Å². The van der Waals surface area contributed by atoms with Gasteiger partial charge in [0, 0.05) is 12.5 Å². The van der Waals surface area contributed by atoms with Gasteiger partial charge in [0.2, 0.25) is 5.91 Å². The molecule has 0 aliphatic carbocycles. The molecule has 3 aromatic rings. The minimum Gasteiger partial charge on any atom is -0.351 e. The van der Waals surface area contributed by atoms with Crippen molar-refractivity contribution in [3.05, 3.63) is 53.0 Å². The Balaban J connectivity index is 1.64. The summed E-state index contributed by atoms with van der Waals surface area (Å²) in [6, 6.07) is 10.8. The molecule has 24 heavy (non-hydrogen) atoms. The van der Waals surface area contributed by atoms with E-state index in [4.69, 9.17) is 0 Å². The normalized spacial score (nSPS) is 13.6. The van der Waals surface area contributed by atoms with Crippen LogP contribution in [0.25, 0.3) is 11.0 Å². The summed E-state index contributed by atoms with van der Waals surface area (Å²) in [6.07, 6.45) is 1.97. The lowest BCUT2D eigenvalue weighted by Gasteiger charge is -2.18. The molecule has 0 aliphatic heterocycles. The molecule has 1 amide bonds. The van der Waals surface area contributed by atoms with Gasteiger partial charge < -0.3 is 9.88 Å². The van der Waals surface area contributed by atoms with Crippen molar-refractivity contribution in [2.24, 2.45) is 0 Å². The molecule has 0 unspecified atom stereocenters. The van der Waals surface area contributed by atoms with Gasteiger partial charge in [0.15, 0.2) is 5.78 Å². The number of imidazole rings is 1. The number of rotatable bonds is 6. The van der Waals surface area contributed by atoms with E-state index in [9.17, 15) is 9.59 Å². The fraction of sp³-hybridized carbons (Fsp3) is 0.278. The molecular formula is C18H19N3O2S. The number of fused-ring (bicyclic) bond motifs is 1. The molecule has 2 atom stereocenters. The Labute approximate surface area is 144 Å². The van der Waals surface area contributed by atoms with E-state index in [0.717, 1.165) is 15.9 Å². The summed E-state index contributed by atoms with van der Waals surface area (Å²) in [5.74, 6) is -0.0665. The molecule has 0 radical (unpaired) electrons. The van der Waals surface area contributed by atoms with Crippen molar-refractivity contribution in [1.29, 1.82) is 0 Å². The second-order valence-corrected chi connectivity index (χ2v) is 6.78. The summed E-state index contributed by atoms with van der Waals surface area (Å²) in [6.45, 7) is 3.68. The zero-order chi connectivity index (χ0) is 17.1. The van der Waals surface area contributed by atoms with E-state index in [0.29, 0.717) is 6.42 Å². The smallest absolute Gasteiger partial charge is 0.243 e. The predicted molar refractivity (Wildman–Crippen MR) is 95.3 cm³/mol. The fourth-order valence-electron chi connectivity index (χ4n) is 2.64. The van der Waals surface area contributed by atoms with Gasteiger partial charge >= 0.3 is 0 Å². The molecule has 0 saturated heterocycles. The Bertz CT molecular complexity index is 854. The summed E-state index contributed by atoms with van der Waals surface area (Å²) in [4.78, 5) is 29.7. The zero-order valence-electron chi connectivity index (χ0n) is 13.6. The predicted octanol–water partition coefficient (Wildman–Crippen LogP) is 3.44. The molecule has 0 spiro atoms. The number of ketones is 1. The van der Waals surface area contributed by atoms with Crippen LogP contribution in [-0.2, 0) is 4.79 Å². The highest BCUT2D eigenvalue weighted by Gasteiger charge is 2.20. The number of Topliss-reactive ketones (excluding diaryl/α,β-unsaturated/α-hetero) is 1. The minimum atomic E-state index is -0.392. The second-order valence-electron chi connectivity index (χ2n) is 5.83. The molecular weight excluding hydrogens is 322 g/mol. The summed E-state index contributed by atoms with van der Waals surface area (Å²) in [7, 11) is 0. The number of carbonyl (C=O) groups excluding carboxylic acids is 2. The first-order chi connectivity index (χ1) is 11.6. The van der Waals surface area contributed by atoms with Gasteiger partial charge in [0.25, 0.3) is 0 Å². The van der Waals surface area contributed by atoms with Crippen molar-refractivity contribution >= 4 is 34.1 Å². The Morgan fingerprint density at radius 1 is 1.21 bits per heavy atom. The fourth-order valence-corrected chi connectivity index (χ4v) is 3.32. The maximum atomic E-state index is 12.5. The van der Waals surface area contributed by atoms with Gasteiger partial charge in [-0.2, -0.15) is 0 Å². The zero-order valence-corrected chi connectivity index (χ0v) is 14.4. The van der Waals surface area contributed by atoms with Crippen molar-refractivity contribution in [3.63, 3.8) is 0 Å². The number of carbonyl (C=O) groups is 2. The maximum Gasteiger partial charge on any atom is 0.243 e. The molecule has 0 fully saturated rings. The van der Waals surface area contributed by atoms with Crippen LogP contribution < -0.4 is 5.32 Å². The van der Waals surface area contributed by atoms with Crippen molar-refractivity contribution < 1.29 is 9.59 Å².